The third-order valence-corrected chi connectivity index (χ3v) is 3.33. The van der Waals surface area contributed by atoms with Gasteiger partial charge in [0, 0.05) is 19.4 Å². The van der Waals surface area contributed by atoms with E-state index in [1.165, 1.54) is 25.3 Å². The number of methoxy groups -OCH3 is 1. The predicted molar refractivity (Wildman–Crippen MR) is 78.2 cm³/mol. The van der Waals surface area contributed by atoms with Crippen LogP contribution in [-0.4, -0.2) is 37.0 Å². The lowest BCUT2D eigenvalue weighted by Gasteiger charge is -2.29. The van der Waals surface area contributed by atoms with Crippen molar-refractivity contribution in [3.63, 3.8) is 0 Å². The zero-order chi connectivity index (χ0) is 15.2. The number of ether oxygens (including phenoxy) is 1. The number of aliphatic hydroxyl groups is 1. The van der Waals surface area contributed by atoms with Crippen molar-refractivity contribution in [2.75, 3.05) is 25.6 Å². The van der Waals surface area contributed by atoms with E-state index >= 15 is 0 Å². The van der Waals surface area contributed by atoms with Gasteiger partial charge in [-0.3, -0.25) is 0 Å². The normalized spacial score (nSPS) is 13.7. The van der Waals surface area contributed by atoms with E-state index in [-0.39, 0.29) is 17.7 Å². The number of carbonyl (C=O) groups is 1. The summed E-state index contributed by atoms with van der Waals surface area (Å²) in [5, 5.41) is 14.4. The molecule has 1 aromatic carbocycles. The Bertz CT molecular complexity index is 465. The van der Waals surface area contributed by atoms with Crippen LogP contribution in [0.3, 0.4) is 0 Å². The molecular formula is C13H18BrFN2O3. The highest BCUT2D eigenvalue weighted by Crippen LogP contribution is 2.20. The number of halogens is 2. The van der Waals surface area contributed by atoms with Gasteiger partial charge in [-0.2, -0.15) is 0 Å². The zero-order valence-corrected chi connectivity index (χ0v) is 13.0. The van der Waals surface area contributed by atoms with Crippen molar-refractivity contribution in [2.24, 2.45) is 0 Å². The van der Waals surface area contributed by atoms with Crippen LogP contribution >= 0.6 is 15.9 Å². The van der Waals surface area contributed by atoms with Gasteiger partial charge in [-0.15, -0.1) is 0 Å². The van der Waals surface area contributed by atoms with E-state index in [2.05, 4.69) is 26.6 Å². The Kier molecular flexibility index (Phi) is 6.38. The Morgan fingerprint density at radius 2 is 2.25 bits per heavy atom. The molecule has 0 heterocycles. The number of amides is 2. The van der Waals surface area contributed by atoms with Crippen LogP contribution < -0.4 is 10.6 Å². The first-order valence-electron chi connectivity index (χ1n) is 6.04. The zero-order valence-electron chi connectivity index (χ0n) is 11.4. The summed E-state index contributed by atoms with van der Waals surface area (Å²) in [5.74, 6) is -0.402. The topological polar surface area (TPSA) is 70.6 Å². The first kappa shape index (κ1) is 16.9. The molecule has 2 amide bonds. The average Bonchev–Trinajstić information content (AvgIpc) is 2.34. The Morgan fingerprint density at radius 1 is 1.55 bits per heavy atom. The van der Waals surface area contributed by atoms with Crippen LogP contribution in [0.5, 0.6) is 0 Å². The van der Waals surface area contributed by atoms with Crippen molar-refractivity contribution in [3.8, 4) is 0 Å². The summed E-state index contributed by atoms with van der Waals surface area (Å²) < 4.78 is 18.4. The van der Waals surface area contributed by atoms with Crippen LogP contribution in [0.25, 0.3) is 0 Å². The lowest BCUT2D eigenvalue weighted by Crippen LogP contribution is -2.51. The molecule has 1 rings (SSSR count). The van der Waals surface area contributed by atoms with Crippen molar-refractivity contribution >= 4 is 27.6 Å². The monoisotopic (exact) mass is 348 g/mol. The highest BCUT2D eigenvalue weighted by Gasteiger charge is 2.25. The third kappa shape index (κ3) is 5.07. The molecule has 0 aliphatic rings. The molecule has 112 valence electrons. The van der Waals surface area contributed by atoms with E-state index in [1.54, 1.807) is 6.92 Å². The number of rotatable bonds is 6. The number of carbonyl (C=O) groups excluding carboxylic acids is 1. The summed E-state index contributed by atoms with van der Waals surface area (Å²) in [5.41, 5.74) is -0.218. The quantitative estimate of drug-likeness (QED) is 0.739. The van der Waals surface area contributed by atoms with Crippen molar-refractivity contribution in [1.29, 1.82) is 0 Å². The summed E-state index contributed by atoms with van der Waals surface area (Å²) in [4.78, 5) is 11.9. The fourth-order valence-electron chi connectivity index (χ4n) is 1.75. The van der Waals surface area contributed by atoms with Crippen LogP contribution in [0, 0.1) is 5.82 Å². The number of anilines is 1. The van der Waals surface area contributed by atoms with Gasteiger partial charge in [0.25, 0.3) is 0 Å². The minimum absolute atomic E-state index is 0.0672. The number of hydrogen-bond acceptors (Lipinski definition) is 3. The molecule has 1 atom stereocenters. The Balaban J connectivity index is 2.67. The van der Waals surface area contributed by atoms with E-state index in [0.717, 1.165) is 0 Å². The van der Waals surface area contributed by atoms with Gasteiger partial charge in [0.15, 0.2) is 0 Å². The Morgan fingerprint density at radius 3 is 2.80 bits per heavy atom. The molecule has 0 aliphatic carbocycles. The van der Waals surface area contributed by atoms with Gasteiger partial charge in [0.05, 0.1) is 16.6 Å². The smallest absolute Gasteiger partial charge is 0.319 e. The van der Waals surface area contributed by atoms with Gasteiger partial charge in [0.1, 0.15) is 5.82 Å². The summed E-state index contributed by atoms with van der Waals surface area (Å²) >= 11 is 3.05. The fraction of sp³-hybridized carbons (Fsp3) is 0.462. The van der Waals surface area contributed by atoms with Crippen molar-refractivity contribution < 1.29 is 19.0 Å². The highest BCUT2D eigenvalue weighted by atomic mass is 79.9. The van der Waals surface area contributed by atoms with Crippen LogP contribution in [0.1, 0.15) is 13.3 Å². The maximum atomic E-state index is 13.1. The van der Waals surface area contributed by atoms with Crippen LogP contribution in [0.4, 0.5) is 14.9 Å². The van der Waals surface area contributed by atoms with Gasteiger partial charge in [-0.25, -0.2) is 9.18 Å². The number of benzene rings is 1. The largest absolute Gasteiger partial charge is 0.396 e. The molecule has 5 nitrogen and oxygen atoms in total. The molecular weight excluding hydrogens is 331 g/mol. The second-order valence-corrected chi connectivity index (χ2v) is 5.53. The van der Waals surface area contributed by atoms with Crippen molar-refractivity contribution in [2.45, 2.75) is 18.9 Å². The lowest BCUT2D eigenvalue weighted by atomic mass is 10.00. The minimum Gasteiger partial charge on any atom is -0.396 e. The molecule has 0 aromatic heterocycles. The molecule has 0 radical (unpaired) electrons. The Hall–Kier alpha value is -1.18. The minimum atomic E-state index is -0.676. The number of nitrogens with one attached hydrogen (secondary N) is 2. The second kappa shape index (κ2) is 7.56. The molecule has 0 bridgehead atoms. The maximum absolute atomic E-state index is 13.1. The van der Waals surface area contributed by atoms with Crippen molar-refractivity contribution in [1.82, 2.24) is 5.32 Å². The van der Waals surface area contributed by atoms with Crippen LogP contribution in [-0.2, 0) is 4.74 Å². The maximum Gasteiger partial charge on any atom is 0.319 e. The second-order valence-electron chi connectivity index (χ2n) is 4.68. The van der Waals surface area contributed by atoms with E-state index < -0.39 is 17.4 Å². The van der Waals surface area contributed by atoms with Gasteiger partial charge in [-0.05, 0) is 47.5 Å². The molecule has 1 aromatic rings. The van der Waals surface area contributed by atoms with E-state index in [9.17, 15) is 9.18 Å². The third-order valence-electron chi connectivity index (χ3n) is 2.72. The molecule has 0 spiro atoms. The molecule has 0 unspecified atom stereocenters. The number of aliphatic hydroxyl groups excluding tert-OH is 1. The predicted octanol–water partition coefficient (Wildman–Crippen LogP) is 2.50. The molecule has 3 N–H and O–H groups in total. The van der Waals surface area contributed by atoms with Crippen LogP contribution in [0.15, 0.2) is 22.7 Å². The standard InChI is InChI=1S/C13H18BrFN2O3/c1-13(5-6-18,8-20-2)17-12(19)16-9-3-4-11(15)10(14)7-9/h3-4,7,18H,5-6,8H2,1-2H3,(H2,16,17,19)/t13-/m0/s1. The average molecular weight is 349 g/mol. The summed E-state index contributed by atoms with van der Waals surface area (Å²) in [6.07, 6.45) is 0.362. The van der Waals surface area contributed by atoms with E-state index in [4.69, 9.17) is 9.84 Å². The highest BCUT2D eigenvalue weighted by molar-refractivity contribution is 9.10. The molecule has 20 heavy (non-hydrogen) atoms. The fourth-order valence-corrected chi connectivity index (χ4v) is 2.13. The number of urea groups is 1. The van der Waals surface area contributed by atoms with Gasteiger partial charge >= 0.3 is 6.03 Å². The van der Waals surface area contributed by atoms with Crippen molar-refractivity contribution in [3.05, 3.63) is 28.5 Å². The van der Waals surface area contributed by atoms with E-state index in [0.29, 0.717) is 12.1 Å². The molecule has 0 saturated carbocycles. The van der Waals surface area contributed by atoms with Gasteiger partial charge in [-0.1, -0.05) is 0 Å². The Labute approximate surface area is 125 Å². The molecule has 0 fully saturated rings. The van der Waals surface area contributed by atoms with Gasteiger partial charge in [0.2, 0.25) is 0 Å². The summed E-state index contributed by atoms with van der Waals surface area (Å²) in [7, 11) is 1.52. The summed E-state index contributed by atoms with van der Waals surface area (Å²) in [6, 6.07) is 3.73. The first-order chi connectivity index (χ1) is 9.40. The first-order valence-corrected chi connectivity index (χ1v) is 6.83. The SMILES string of the molecule is COC[C@](C)(CCO)NC(=O)Nc1ccc(F)c(Br)c1. The van der Waals surface area contributed by atoms with E-state index in [1.807, 2.05) is 0 Å². The number of hydrogen-bond donors (Lipinski definition) is 3. The van der Waals surface area contributed by atoms with Gasteiger partial charge < -0.3 is 20.5 Å². The molecule has 7 heteroatoms. The van der Waals surface area contributed by atoms with Crippen LogP contribution in [0.2, 0.25) is 0 Å². The molecule has 0 saturated heterocycles. The molecule has 0 aliphatic heterocycles. The lowest BCUT2D eigenvalue weighted by molar-refractivity contribution is 0.104. The summed E-state index contributed by atoms with van der Waals surface area (Å²) in [6.45, 7) is 1.98.